The molecule has 0 atom stereocenters. The number of hydrogen-bond donors (Lipinski definition) is 1. The predicted octanol–water partition coefficient (Wildman–Crippen LogP) is 4.00. The van der Waals surface area contributed by atoms with E-state index in [-0.39, 0.29) is 4.47 Å². The molecule has 2 rings (SSSR count). The van der Waals surface area contributed by atoms with Crippen LogP contribution in [0.5, 0.6) is 0 Å². The molecule has 4 nitrogen and oxygen atoms in total. The highest BCUT2D eigenvalue weighted by Crippen LogP contribution is 2.24. The van der Waals surface area contributed by atoms with Gasteiger partial charge < -0.3 is 5.32 Å². The molecule has 0 aromatic carbocycles. The van der Waals surface area contributed by atoms with Gasteiger partial charge in [0.1, 0.15) is 11.0 Å². The van der Waals surface area contributed by atoms with Gasteiger partial charge >= 0.3 is 6.18 Å². The molecule has 2 aromatic rings. The predicted molar refractivity (Wildman–Crippen MR) is 81.6 cm³/mol. The molecule has 0 unspecified atom stereocenters. The van der Waals surface area contributed by atoms with Crippen LogP contribution in [-0.4, -0.2) is 16.0 Å². The molecule has 0 radical (unpaired) electrons. The number of nitrogens with one attached hydrogen (secondary N) is 1. The third-order valence-electron chi connectivity index (χ3n) is 2.40. The monoisotopic (exact) mass is 445 g/mol. The second-order valence-corrected chi connectivity index (χ2v) is 7.35. The molecule has 0 amide bonds. The Bertz CT molecular complexity index is 699. The summed E-state index contributed by atoms with van der Waals surface area (Å²) in [4.78, 5) is 12.8. The van der Waals surface area contributed by atoms with Crippen molar-refractivity contribution in [2.24, 2.45) is 0 Å². The highest BCUT2D eigenvalue weighted by molar-refractivity contribution is 9.11. The van der Waals surface area contributed by atoms with E-state index in [4.69, 9.17) is 0 Å². The first-order valence-electron chi connectivity index (χ1n) is 5.57. The molecule has 2 heterocycles. The van der Waals surface area contributed by atoms with Gasteiger partial charge in [0.15, 0.2) is 0 Å². The fourth-order valence-corrected chi connectivity index (χ4v) is 3.37. The number of nitrogens with zero attached hydrogens (tertiary/aromatic N) is 2. The van der Waals surface area contributed by atoms with Gasteiger partial charge in [-0.3, -0.25) is 4.79 Å². The number of rotatable bonds is 4. The SMILES string of the molecule is O=c1c(Br)c(NCc2ccc(Br)s2)cnn1CC(F)(F)F. The molecular formula is C11H8Br2F3N3OS. The van der Waals surface area contributed by atoms with Crippen LogP contribution in [0.15, 0.2) is 31.4 Å². The molecule has 0 aliphatic heterocycles. The molecule has 0 saturated carbocycles. The molecule has 0 spiro atoms. The quantitative estimate of drug-likeness (QED) is 0.771. The number of anilines is 1. The normalized spacial score (nSPS) is 11.7. The summed E-state index contributed by atoms with van der Waals surface area (Å²) in [6, 6.07) is 3.78. The molecule has 0 bridgehead atoms. The zero-order valence-electron chi connectivity index (χ0n) is 10.2. The number of aromatic nitrogens is 2. The molecule has 0 aliphatic carbocycles. The van der Waals surface area contributed by atoms with Crippen molar-refractivity contribution in [2.45, 2.75) is 19.3 Å². The van der Waals surface area contributed by atoms with Gasteiger partial charge in [-0.25, -0.2) is 4.68 Å². The molecule has 21 heavy (non-hydrogen) atoms. The molecule has 0 aliphatic rings. The zero-order valence-corrected chi connectivity index (χ0v) is 14.2. The van der Waals surface area contributed by atoms with E-state index in [1.807, 2.05) is 12.1 Å². The highest BCUT2D eigenvalue weighted by Gasteiger charge is 2.29. The van der Waals surface area contributed by atoms with Crippen molar-refractivity contribution in [3.63, 3.8) is 0 Å². The van der Waals surface area contributed by atoms with Gasteiger partial charge in [0.25, 0.3) is 5.56 Å². The molecule has 114 valence electrons. The Morgan fingerprint density at radius 1 is 1.33 bits per heavy atom. The van der Waals surface area contributed by atoms with Crippen LogP contribution in [0.2, 0.25) is 0 Å². The van der Waals surface area contributed by atoms with Crippen molar-refractivity contribution in [2.75, 3.05) is 5.32 Å². The second kappa shape index (κ2) is 6.49. The van der Waals surface area contributed by atoms with Gasteiger partial charge in [-0.05, 0) is 44.0 Å². The largest absolute Gasteiger partial charge is 0.408 e. The third kappa shape index (κ3) is 4.55. The lowest BCUT2D eigenvalue weighted by molar-refractivity contribution is -0.143. The van der Waals surface area contributed by atoms with Crippen LogP contribution in [0.1, 0.15) is 4.88 Å². The Hall–Kier alpha value is -0.870. The maximum absolute atomic E-state index is 12.3. The second-order valence-electron chi connectivity index (χ2n) is 4.01. The van der Waals surface area contributed by atoms with Gasteiger partial charge in [-0.2, -0.15) is 18.3 Å². The van der Waals surface area contributed by atoms with Gasteiger partial charge in [0.2, 0.25) is 0 Å². The van der Waals surface area contributed by atoms with Crippen LogP contribution in [0, 0.1) is 0 Å². The summed E-state index contributed by atoms with van der Waals surface area (Å²) in [6.45, 7) is -0.970. The van der Waals surface area contributed by atoms with E-state index in [1.54, 1.807) is 0 Å². The Morgan fingerprint density at radius 2 is 2.05 bits per heavy atom. The first-order valence-corrected chi connectivity index (χ1v) is 7.97. The molecule has 1 N–H and O–H groups in total. The van der Waals surface area contributed by atoms with Crippen LogP contribution in [0.3, 0.4) is 0 Å². The number of halogens is 5. The van der Waals surface area contributed by atoms with E-state index in [0.717, 1.165) is 8.66 Å². The van der Waals surface area contributed by atoms with Crippen LogP contribution < -0.4 is 10.9 Å². The summed E-state index contributed by atoms with van der Waals surface area (Å²) in [7, 11) is 0. The summed E-state index contributed by atoms with van der Waals surface area (Å²) in [6.07, 6.45) is -3.30. The van der Waals surface area contributed by atoms with Crippen LogP contribution in [-0.2, 0) is 13.1 Å². The lowest BCUT2D eigenvalue weighted by Crippen LogP contribution is -2.31. The minimum absolute atomic E-state index is 0.0253. The maximum Gasteiger partial charge on any atom is 0.408 e. The number of thiophene rings is 1. The van der Waals surface area contributed by atoms with E-state index in [0.29, 0.717) is 16.9 Å². The van der Waals surface area contributed by atoms with Crippen LogP contribution >= 0.6 is 43.2 Å². The van der Waals surface area contributed by atoms with Gasteiger partial charge in [-0.15, -0.1) is 11.3 Å². The van der Waals surface area contributed by atoms with Crippen molar-refractivity contribution < 1.29 is 13.2 Å². The Kier molecular flexibility index (Phi) is 5.10. The van der Waals surface area contributed by atoms with Gasteiger partial charge in [-0.1, -0.05) is 0 Å². The average Bonchev–Trinajstić information content (AvgIpc) is 2.79. The number of alkyl halides is 3. The molecule has 0 saturated heterocycles. The fourth-order valence-electron chi connectivity index (χ4n) is 1.50. The fraction of sp³-hybridized carbons (Fsp3) is 0.273. The molecule has 2 aromatic heterocycles. The van der Waals surface area contributed by atoms with Crippen LogP contribution in [0.4, 0.5) is 18.9 Å². The van der Waals surface area contributed by atoms with Gasteiger partial charge in [0.05, 0.1) is 15.7 Å². The summed E-state index contributed by atoms with van der Waals surface area (Å²) in [5.74, 6) is 0. The van der Waals surface area contributed by atoms with Crippen molar-refractivity contribution in [3.05, 3.63) is 41.8 Å². The highest BCUT2D eigenvalue weighted by atomic mass is 79.9. The molecular weight excluding hydrogens is 439 g/mol. The standard InChI is InChI=1S/C11H8Br2F3N3OS/c12-8-2-1-6(21-8)3-17-7-4-18-19(5-11(14,15)16)10(20)9(7)13/h1-2,4,17H,3,5H2. The smallest absolute Gasteiger partial charge is 0.378 e. The van der Waals surface area contributed by atoms with E-state index in [1.165, 1.54) is 17.5 Å². The number of hydrogen-bond acceptors (Lipinski definition) is 4. The topological polar surface area (TPSA) is 46.9 Å². The van der Waals surface area contributed by atoms with Crippen LogP contribution in [0.25, 0.3) is 0 Å². The van der Waals surface area contributed by atoms with Gasteiger partial charge in [0, 0.05) is 11.4 Å². The maximum atomic E-state index is 12.3. The van der Waals surface area contributed by atoms with Crippen molar-refractivity contribution in [1.29, 1.82) is 0 Å². The average molecular weight is 447 g/mol. The van der Waals surface area contributed by atoms with E-state index in [9.17, 15) is 18.0 Å². The van der Waals surface area contributed by atoms with E-state index in [2.05, 4.69) is 42.3 Å². The lowest BCUT2D eigenvalue weighted by atomic mass is 10.4. The molecule has 10 heteroatoms. The first-order chi connectivity index (χ1) is 9.76. The minimum atomic E-state index is -4.49. The third-order valence-corrected chi connectivity index (χ3v) is 4.79. The summed E-state index contributed by atoms with van der Waals surface area (Å²) >= 11 is 7.85. The zero-order chi connectivity index (χ0) is 15.6. The Morgan fingerprint density at radius 3 is 2.62 bits per heavy atom. The Balaban J connectivity index is 2.15. The van der Waals surface area contributed by atoms with Crippen molar-refractivity contribution >= 4 is 48.9 Å². The van der Waals surface area contributed by atoms with E-state index >= 15 is 0 Å². The molecule has 0 fully saturated rings. The van der Waals surface area contributed by atoms with E-state index < -0.39 is 18.3 Å². The lowest BCUT2D eigenvalue weighted by Gasteiger charge is -2.11. The summed E-state index contributed by atoms with van der Waals surface area (Å²) < 4.78 is 38.2. The first kappa shape index (κ1) is 16.5. The minimum Gasteiger partial charge on any atom is -0.378 e. The van der Waals surface area contributed by atoms with Crippen molar-refractivity contribution in [3.8, 4) is 0 Å². The summed E-state index contributed by atoms with van der Waals surface area (Å²) in [5.41, 5.74) is -0.479. The summed E-state index contributed by atoms with van der Waals surface area (Å²) in [5, 5.41) is 6.49. The Labute approximate surface area is 138 Å². The van der Waals surface area contributed by atoms with Crippen molar-refractivity contribution in [1.82, 2.24) is 9.78 Å².